The molecule has 2 rings (SSSR count). The summed E-state index contributed by atoms with van der Waals surface area (Å²) in [5.74, 6) is 0. The summed E-state index contributed by atoms with van der Waals surface area (Å²) in [5, 5.41) is 1.21. The number of hydrogen-bond donors (Lipinski definition) is 0. The molecular weight excluding hydrogens is 330 g/mol. The number of aromatic nitrogens is 1. The maximum atomic E-state index is 4.65. The molecular formula is C13H15Br2N. The average Bonchev–Trinajstić information content (AvgIpc) is 2.29. The van der Waals surface area contributed by atoms with Gasteiger partial charge in [0.25, 0.3) is 0 Å². The van der Waals surface area contributed by atoms with Crippen LogP contribution in [0.5, 0.6) is 0 Å². The van der Waals surface area contributed by atoms with Crippen molar-refractivity contribution in [1.82, 2.24) is 4.98 Å². The van der Waals surface area contributed by atoms with E-state index in [0.717, 1.165) is 17.6 Å². The fourth-order valence-corrected chi connectivity index (χ4v) is 2.37. The summed E-state index contributed by atoms with van der Waals surface area (Å²) in [6, 6.07) is 12.5. The van der Waals surface area contributed by atoms with Crippen LogP contribution in [0.1, 0.15) is 30.3 Å². The van der Waals surface area contributed by atoms with Gasteiger partial charge in [0.15, 0.2) is 0 Å². The van der Waals surface area contributed by atoms with Gasteiger partial charge in [-0.2, -0.15) is 0 Å². The van der Waals surface area contributed by atoms with E-state index < -0.39 is 0 Å². The zero-order valence-electron chi connectivity index (χ0n) is 9.19. The van der Waals surface area contributed by atoms with Crippen LogP contribution in [0.2, 0.25) is 0 Å². The van der Waals surface area contributed by atoms with Gasteiger partial charge < -0.3 is 0 Å². The molecule has 0 saturated heterocycles. The van der Waals surface area contributed by atoms with E-state index in [2.05, 4.69) is 52.1 Å². The van der Waals surface area contributed by atoms with Crippen molar-refractivity contribution >= 4 is 43.8 Å². The number of pyridine rings is 1. The second-order valence-corrected chi connectivity index (χ2v) is 4.79. The molecule has 0 amide bonds. The first-order valence-electron chi connectivity index (χ1n) is 5.31. The molecule has 1 unspecified atom stereocenters. The third kappa shape index (κ3) is 3.05. The van der Waals surface area contributed by atoms with E-state index in [1.807, 2.05) is 12.1 Å². The van der Waals surface area contributed by atoms with E-state index >= 15 is 0 Å². The molecule has 0 aliphatic carbocycles. The Morgan fingerprint density at radius 2 is 1.94 bits per heavy atom. The van der Waals surface area contributed by atoms with Crippen LogP contribution < -0.4 is 0 Å². The van der Waals surface area contributed by atoms with Crippen LogP contribution >= 0.6 is 32.9 Å². The van der Waals surface area contributed by atoms with Crippen molar-refractivity contribution in [2.45, 2.75) is 24.6 Å². The minimum atomic E-state index is 0. The van der Waals surface area contributed by atoms with E-state index in [1.54, 1.807) is 0 Å². The zero-order chi connectivity index (χ0) is 10.7. The second-order valence-electron chi connectivity index (χ2n) is 3.69. The molecule has 0 saturated carbocycles. The van der Waals surface area contributed by atoms with Gasteiger partial charge in [-0.25, -0.2) is 0 Å². The summed E-state index contributed by atoms with van der Waals surface area (Å²) in [7, 11) is 0. The normalized spacial score (nSPS) is 12.1. The topological polar surface area (TPSA) is 12.9 Å². The molecule has 0 N–H and O–H groups in total. The summed E-state index contributed by atoms with van der Waals surface area (Å²) in [6.07, 6.45) is 2.30. The number of halogens is 2. The van der Waals surface area contributed by atoms with Gasteiger partial charge in [0.2, 0.25) is 0 Å². The SMILES string of the molecule is Br.CCCC(Br)c1ccc2ccccc2n1. The van der Waals surface area contributed by atoms with E-state index in [1.165, 1.54) is 11.8 Å². The first-order chi connectivity index (χ1) is 7.31. The molecule has 1 atom stereocenters. The molecule has 2 aromatic rings. The standard InChI is InChI=1S/C13H14BrN.BrH/c1-2-5-11(14)13-9-8-10-6-3-4-7-12(10)15-13;/h3-4,6-9,11H,2,5H2,1H3;1H. The van der Waals surface area contributed by atoms with Gasteiger partial charge in [-0.15, -0.1) is 17.0 Å². The smallest absolute Gasteiger partial charge is 0.0705 e. The summed E-state index contributed by atoms with van der Waals surface area (Å²) in [5.41, 5.74) is 2.21. The maximum absolute atomic E-state index is 4.65. The van der Waals surface area contributed by atoms with E-state index in [0.29, 0.717) is 4.83 Å². The van der Waals surface area contributed by atoms with Crippen LogP contribution in [-0.4, -0.2) is 4.98 Å². The van der Waals surface area contributed by atoms with Crippen LogP contribution in [0.25, 0.3) is 10.9 Å². The molecule has 0 bridgehead atoms. The van der Waals surface area contributed by atoms with Crippen molar-refractivity contribution in [2.24, 2.45) is 0 Å². The highest BCUT2D eigenvalue weighted by Gasteiger charge is 2.07. The van der Waals surface area contributed by atoms with Crippen molar-refractivity contribution in [3.63, 3.8) is 0 Å². The maximum Gasteiger partial charge on any atom is 0.0705 e. The molecule has 0 fully saturated rings. The first-order valence-corrected chi connectivity index (χ1v) is 6.22. The molecule has 0 spiro atoms. The lowest BCUT2D eigenvalue weighted by Gasteiger charge is -2.08. The molecule has 0 radical (unpaired) electrons. The molecule has 1 heterocycles. The van der Waals surface area contributed by atoms with Gasteiger partial charge in [-0.3, -0.25) is 4.98 Å². The highest BCUT2D eigenvalue weighted by molar-refractivity contribution is 9.09. The first kappa shape index (κ1) is 13.7. The number of rotatable bonds is 3. The van der Waals surface area contributed by atoms with Gasteiger partial charge in [0, 0.05) is 5.39 Å². The Kier molecular flexibility index (Phi) is 5.42. The predicted molar refractivity (Wildman–Crippen MR) is 78.6 cm³/mol. The van der Waals surface area contributed by atoms with Crippen molar-refractivity contribution < 1.29 is 0 Å². The third-order valence-electron chi connectivity index (χ3n) is 2.48. The Hall–Kier alpha value is -0.410. The Bertz CT molecular complexity index is 456. The van der Waals surface area contributed by atoms with Gasteiger partial charge in [-0.1, -0.05) is 53.5 Å². The van der Waals surface area contributed by atoms with Crippen LogP contribution in [0.4, 0.5) is 0 Å². The van der Waals surface area contributed by atoms with E-state index in [-0.39, 0.29) is 17.0 Å². The minimum Gasteiger partial charge on any atom is -0.252 e. The summed E-state index contributed by atoms with van der Waals surface area (Å²) < 4.78 is 0. The van der Waals surface area contributed by atoms with Crippen molar-refractivity contribution in [3.05, 3.63) is 42.1 Å². The van der Waals surface area contributed by atoms with Crippen LogP contribution in [-0.2, 0) is 0 Å². The van der Waals surface area contributed by atoms with E-state index in [9.17, 15) is 0 Å². The van der Waals surface area contributed by atoms with Crippen molar-refractivity contribution in [2.75, 3.05) is 0 Å². The Morgan fingerprint density at radius 3 is 2.69 bits per heavy atom. The number of hydrogen-bond acceptors (Lipinski definition) is 1. The Morgan fingerprint density at radius 1 is 1.19 bits per heavy atom. The molecule has 1 aromatic carbocycles. The van der Waals surface area contributed by atoms with Gasteiger partial charge in [0.05, 0.1) is 16.0 Å². The van der Waals surface area contributed by atoms with Crippen molar-refractivity contribution in [1.29, 1.82) is 0 Å². The lowest BCUT2D eigenvalue weighted by Crippen LogP contribution is -1.93. The fourth-order valence-electron chi connectivity index (χ4n) is 1.66. The lowest BCUT2D eigenvalue weighted by molar-refractivity contribution is 0.773. The minimum absolute atomic E-state index is 0. The number of para-hydroxylation sites is 1. The highest BCUT2D eigenvalue weighted by atomic mass is 79.9. The largest absolute Gasteiger partial charge is 0.252 e. The number of nitrogens with zero attached hydrogens (tertiary/aromatic N) is 1. The number of alkyl halides is 1. The summed E-state index contributed by atoms with van der Waals surface area (Å²) in [4.78, 5) is 5.03. The monoisotopic (exact) mass is 343 g/mol. The quantitative estimate of drug-likeness (QED) is 0.710. The summed E-state index contributed by atoms with van der Waals surface area (Å²) >= 11 is 3.67. The van der Waals surface area contributed by atoms with Gasteiger partial charge in [0.1, 0.15) is 0 Å². The Labute approximate surface area is 115 Å². The van der Waals surface area contributed by atoms with Crippen LogP contribution in [0.15, 0.2) is 36.4 Å². The molecule has 16 heavy (non-hydrogen) atoms. The highest BCUT2D eigenvalue weighted by Crippen LogP contribution is 2.27. The lowest BCUT2D eigenvalue weighted by atomic mass is 10.1. The molecule has 3 heteroatoms. The predicted octanol–water partition coefficient (Wildman–Crippen LogP) is 5.05. The van der Waals surface area contributed by atoms with Crippen molar-refractivity contribution in [3.8, 4) is 0 Å². The van der Waals surface area contributed by atoms with Gasteiger partial charge >= 0.3 is 0 Å². The van der Waals surface area contributed by atoms with Crippen LogP contribution in [0.3, 0.4) is 0 Å². The number of fused-ring (bicyclic) bond motifs is 1. The molecule has 86 valence electrons. The molecule has 1 aromatic heterocycles. The average molecular weight is 345 g/mol. The molecule has 0 aliphatic rings. The fraction of sp³-hybridized carbons (Fsp3) is 0.308. The molecule has 0 aliphatic heterocycles. The van der Waals surface area contributed by atoms with Crippen LogP contribution in [0, 0.1) is 0 Å². The third-order valence-corrected chi connectivity index (χ3v) is 3.41. The molecule has 1 nitrogen and oxygen atoms in total. The number of benzene rings is 1. The zero-order valence-corrected chi connectivity index (χ0v) is 12.5. The second kappa shape index (κ2) is 6.36. The Balaban J connectivity index is 0.00000128. The van der Waals surface area contributed by atoms with E-state index in [4.69, 9.17) is 0 Å². The summed E-state index contributed by atoms with van der Waals surface area (Å²) in [6.45, 7) is 2.19. The van der Waals surface area contributed by atoms with Gasteiger partial charge in [-0.05, 0) is 18.6 Å².